The van der Waals surface area contributed by atoms with Crippen LogP contribution in [0.1, 0.15) is 28.2 Å². The van der Waals surface area contributed by atoms with Gasteiger partial charge in [-0.25, -0.2) is 19.9 Å². The molecule has 1 fully saturated rings. The van der Waals surface area contributed by atoms with Crippen LogP contribution in [-0.4, -0.2) is 43.8 Å². The second-order valence-electron chi connectivity index (χ2n) is 6.65. The van der Waals surface area contributed by atoms with Gasteiger partial charge in [0.1, 0.15) is 22.6 Å². The number of nitrogens with zero attached hydrogens (tertiary/aromatic N) is 5. The summed E-state index contributed by atoms with van der Waals surface area (Å²) >= 11 is 6.26. The van der Waals surface area contributed by atoms with Crippen molar-refractivity contribution >= 4 is 29.1 Å². The van der Waals surface area contributed by atoms with Gasteiger partial charge in [0.2, 0.25) is 0 Å². The highest BCUT2D eigenvalue weighted by atomic mass is 35.5. The lowest BCUT2D eigenvalue weighted by Gasteiger charge is -2.31. The molecule has 8 heteroatoms. The fraction of sp³-hybridized carbons (Fsp3) is 0.250. The first-order valence-electron chi connectivity index (χ1n) is 9.00. The second-order valence-corrected chi connectivity index (χ2v) is 7.01. The van der Waals surface area contributed by atoms with Crippen molar-refractivity contribution in [2.75, 3.05) is 18.4 Å². The fourth-order valence-corrected chi connectivity index (χ4v) is 3.38. The first-order chi connectivity index (χ1) is 13.5. The summed E-state index contributed by atoms with van der Waals surface area (Å²) in [5.74, 6) is 1.91. The molecule has 3 aromatic rings. The Morgan fingerprint density at radius 2 is 1.89 bits per heavy atom. The largest absolute Gasteiger partial charge is 0.338 e. The highest BCUT2D eigenvalue weighted by Crippen LogP contribution is 2.31. The summed E-state index contributed by atoms with van der Waals surface area (Å²) in [7, 11) is 0. The Labute approximate surface area is 167 Å². The molecule has 0 bridgehead atoms. The SMILES string of the molecule is Cc1nccc(Nc2cc(-c3cnc(Cl)c(C(=O)N4CCC4)c3C)ccn2)n1. The highest BCUT2D eigenvalue weighted by molar-refractivity contribution is 6.33. The number of rotatable bonds is 4. The number of pyridine rings is 2. The van der Waals surface area contributed by atoms with Gasteiger partial charge in [-0.05, 0) is 49.6 Å². The monoisotopic (exact) mass is 394 g/mol. The molecule has 4 rings (SSSR count). The van der Waals surface area contributed by atoms with E-state index in [1.807, 2.05) is 26.0 Å². The number of hydrogen-bond acceptors (Lipinski definition) is 6. The molecule has 0 aliphatic carbocycles. The van der Waals surface area contributed by atoms with E-state index in [-0.39, 0.29) is 11.1 Å². The standard InChI is InChI=1S/C20H19ClN6O/c1-12-15(11-24-19(21)18(12)20(28)27-8-3-9-27)14-4-6-23-17(10-14)26-16-5-7-22-13(2)25-16/h4-7,10-11H,3,8-9H2,1-2H3,(H,22,23,25,26). The number of carbonyl (C=O) groups excluding carboxylic acids is 1. The van der Waals surface area contributed by atoms with E-state index >= 15 is 0 Å². The maximum Gasteiger partial charge on any atom is 0.257 e. The molecule has 3 aromatic heterocycles. The lowest BCUT2D eigenvalue weighted by molar-refractivity contribution is 0.0651. The first kappa shape index (κ1) is 18.3. The van der Waals surface area contributed by atoms with Crippen LogP contribution in [0.4, 0.5) is 11.6 Å². The minimum atomic E-state index is -0.0630. The third-order valence-electron chi connectivity index (χ3n) is 4.75. The van der Waals surface area contributed by atoms with Gasteiger partial charge in [0.15, 0.2) is 0 Å². The molecule has 1 aliphatic rings. The molecule has 7 nitrogen and oxygen atoms in total. The summed E-state index contributed by atoms with van der Waals surface area (Å²) in [6, 6.07) is 5.56. The average molecular weight is 395 g/mol. The van der Waals surface area contributed by atoms with Crippen LogP contribution < -0.4 is 5.32 Å². The van der Waals surface area contributed by atoms with Crippen molar-refractivity contribution in [3.05, 3.63) is 58.9 Å². The summed E-state index contributed by atoms with van der Waals surface area (Å²) in [5, 5.41) is 3.41. The zero-order valence-electron chi connectivity index (χ0n) is 15.6. The Bertz CT molecular complexity index is 1050. The minimum Gasteiger partial charge on any atom is -0.338 e. The molecule has 0 aromatic carbocycles. The zero-order chi connectivity index (χ0) is 19.7. The molecule has 0 atom stereocenters. The van der Waals surface area contributed by atoms with Crippen LogP contribution in [0.2, 0.25) is 5.15 Å². The first-order valence-corrected chi connectivity index (χ1v) is 9.38. The van der Waals surface area contributed by atoms with Gasteiger partial charge in [-0.1, -0.05) is 11.6 Å². The number of carbonyl (C=O) groups is 1. The van der Waals surface area contributed by atoms with Crippen molar-refractivity contribution in [3.63, 3.8) is 0 Å². The lowest BCUT2D eigenvalue weighted by atomic mass is 9.98. The van der Waals surface area contributed by atoms with E-state index in [2.05, 4.69) is 25.3 Å². The van der Waals surface area contributed by atoms with Crippen LogP contribution in [-0.2, 0) is 0 Å². The van der Waals surface area contributed by atoms with Crippen LogP contribution in [0.15, 0.2) is 36.8 Å². The Balaban J connectivity index is 1.68. The van der Waals surface area contributed by atoms with Crippen molar-refractivity contribution in [3.8, 4) is 11.1 Å². The maximum absolute atomic E-state index is 12.8. The third-order valence-corrected chi connectivity index (χ3v) is 5.04. The normalized spacial score (nSPS) is 13.2. The number of hydrogen-bond donors (Lipinski definition) is 1. The Morgan fingerprint density at radius 3 is 2.61 bits per heavy atom. The molecule has 1 amide bonds. The molecule has 0 saturated carbocycles. The van der Waals surface area contributed by atoms with Crippen LogP contribution in [0.3, 0.4) is 0 Å². The van der Waals surface area contributed by atoms with E-state index in [0.717, 1.165) is 36.2 Å². The Hall–Kier alpha value is -3.06. The van der Waals surface area contributed by atoms with E-state index in [4.69, 9.17) is 11.6 Å². The second kappa shape index (κ2) is 7.52. The summed E-state index contributed by atoms with van der Waals surface area (Å²) in [5.41, 5.74) is 3.02. The summed E-state index contributed by atoms with van der Waals surface area (Å²) in [6.45, 7) is 5.26. The van der Waals surface area contributed by atoms with Gasteiger partial charge in [-0.15, -0.1) is 0 Å². The zero-order valence-corrected chi connectivity index (χ0v) is 16.4. The molecule has 0 spiro atoms. The van der Waals surface area contributed by atoms with Crippen molar-refractivity contribution in [1.29, 1.82) is 0 Å². The molecule has 4 heterocycles. The van der Waals surface area contributed by atoms with Crippen LogP contribution >= 0.6 is 11.6 Å². The molecular formula is C20H19ClN6O. The summed E-state index contributed by atoms with van der Waals surface area (Å²) in [4.78, 5) is 31.6. The van der Waals surface area contributed by atoms with Crippen LogP contribution in [0.5, 0.6) is 0 Å². The molecule has 0 unspecified atom stereocenters. The number of aromatic nitrogens is 4. The van der Waals surface area contributed by atoms with Gasteiger partial charge in [0.25, 0.3) is 5.91 Å². The maximum atomic E-state index is 12.8. The van der Waals surface area contributed by atoms with E-state index in [1.165, 1.54) is 0 Å². The quantitative estimate of drug-likeness (QED) is 0.677. The average Bonchev–Trinajstić information content (AvgIpc) is 2.60. The van der Waals surface area contributed by atoms with Crippen LogP contribution in [0.25, 0.3) is 11.1 Å². The number of nitrogens with one attached hydrogen (secondary N) is 1. The van der Waals surface area contributed by atoms with E-state index in [9.17, 15) is 4.79 Å². The van der Waals surface area contributed by atoms with E-state index in [1.54, 1.807) is 29.6 Å². The number of anilines is 2. The van der Waals surface area contributed by atoms with E-state index < -0.39 is 0 Å². The van der Waals surface area contributed by atoms with Crippen LogP contribution in [0, 0.1) is 13.8 Å². The van der Waals surface area contributed by atoms with Crippen molar-refractivity contribution in [1.82, 2.24) is 24.8 Å². The van der Waals surface area contributed by atoms with Crippen molar-refractivity contribution in [2.24, 2.45) is 0 Å². The Morgan fingerprint density at radius 1 is 1.11 bits per heavy atom. The number of aryl methyl sites for hydroxylation is 1. The van der Waals surface area contributed by atoms with Gasteiger partial charge in [-0.2, -0.15) is 0 Å². The fourth-order valence-electron chi connectivity index (χ4n) is 3.11. The van der Waals surface area contributed by atoms with Gasteiger partial charge in [0.05, 0.1) is 5.56 Å². The molecule has 28 heavy (non-hydrogen) atoms. The van der Waals surface area contributed by atoms with Gasteiger partial charge in [0, 0.05) is 37.2 Å². The molecule has 1 aliphatic heterocycles. The van der Waals surface area contributed by atoms with Crippen molar-refractivity contribution in [2.45, 2.75) is 20.3 Å². The summed E-state index contributed by atoms with van der Waals surface area (Å²) < 4.78 is 0. The van der Waals surface area contributed by atoms with Gasteiger partial charge < -0.3 is 10.2 Å². The lowest BCUT2D eigenvalue weighted by Crippen LogP contribution is -2.42. The molecule has 0 radical (unpaired) electrons. The molecule has 142 valence electrons. The smallest absolute Gasteiger partial charge is 0.257 e. The van der Waals surface area contributed by atoms with Gasteiger partial charge in [-0.3, -0.25) is 4.79 Å². The molecule has 1 saturated heterocycles. The molecule has 1 N–H and O–H groups in total. The summed E-state index contributed by atoms with van der Waals surface area (Å²) in [6.07, 6.45) is 6.11. The number of likely N-dealkylation sites (tertiary alicyclic amines) is 1. The third kappa shape index (κ3) is 3.53. The predicted molar refractivity (Wildman–Crippen MR) is 108 cm³/mol. The molecular weight excluding hydrogens is 376 g/mol. The Kier molecular flexibility index (Phi) is 4.92. The topological polar surface area (TPSA) is 83.9 Å². The van der Waals surface area contributed by atoms with Crippen molar-refractivity contribution < 1.29 is 4.79 Å². The highest BCUT2D eigenvalue weighted by Gasteiger charge is 2.26. The number of amides is 1. The minimum absolute atomic E-state index is 0.0630. The predicted octanol–water partition coefficient (Wildman–Crippen LogP) is 3.79. The van der Waals surface area contributed by atoms with Gasteiger partial charge >= 0.3 is 0 Å². The van der Waals surface area contributed by atoms with E-state index in [0.29, 0.717) is 23.0 Å². The number of halogens is 1.